The van der Waals surface area contributed by atoms with Crippen LogP contribution in [0.15, 0.2) is 0 Å². The molecule has 0 heterocycles. The molecule has 0 rings (SSSR count). The molecule has 0 aliphatic carbocycles. The summed E-state index contributed by atoms with van der Waals surface area (Å²) in [6.07, 6.45) is 25.0. The highest BCUT2D eigenvalue weighted by Crippen LogP contribution is 2.13. The fraction of sp³-hybridized carbons (Fsp3) is 0.960. The molecule has 0 aromatic carbocycles. The van der Waals surface area contributed by atoms with Gasteiger partial charge in [0.25, 0.3) is 0 Å². The first-order valence-electron chi connectivity index (χ1n) is 13.0. The Kier molecular flexibility index (Phi) is 24.9. The summed E-state index contributed by atoms with van der Waals surface area (Å²) in [6, 6.07) is 0. The lowest BCUT2D eigenvalue weighted by Crippen LogP contribution is -2.27. The van der Waals surface area contributed by atoms with Crippen molar-refractivity contribution in [2.24, 2.45) is 5.73 Å². The number of carbonyl (C=O) groups is 1. The molecule has 0 unspecified atom stereocenters. The van der Waals surface area contributed by atoms with Gasteiger partial charge in [-0.1, -0.05) is 103 Å². The largest absolute Gasteiger partial charge is 0.356 e. The maximum Gasteiger partial charge on any atom is 0.220 e. The van der Waals surface area contributed by atoms with E-state index in [1.54, 1.807) is 0 Å². The van der Waals surface area contributed by atoms with Crippen molar-refractivity contribution in [3.05, 3.63) is 0 Å². The van der Waals surface area contributed by atoms with Crippen LogP contribution in [-0.2, 0) is 4.79 Å². The number of carbonyl (C=O) groups excluding carboxylic acids is 1. The quantitative estimate of drug-likeness (QED) is 0.169. The van der Waals surface area contributed by atoms with E-state index in [1.165, 1.54) is 103 Å². The molecule has 0 saturated carbocycles. The lowest BCUT2D eigenvalue weighted by atomic mass is 10.0. The van der Waals surface area contributed by atoms with Crippen LogP contribution in [-0.4, -0.2) is 32.1 Å². The third-order valence-electron chi connectivity index (χ3n) is 5.67. The van der Waals surface area contributed by atoms with Gasteiger partial charge in [-0.2, -0.15) is 0 Å². The van der Waals surface area contributed by atoms with Crippen LogP contribution >= 0.6 is 0 Å². The molecule has 0 aromatic rings. The van der Waals surface area contributed by atoms with Crippen molar-refractivity contribution < 1.29 is 4.79 Å². The van der Waals surface area contributed by atoms with Crippen LogP contribution in [0.3, 0.4) is 0 Å². The monoisotopic (exact) mass is 411 g/mol. The van der Waals surface area contributed by atoms with Gasteiger partial charge in [0, 0.05) is 13.0 Å². The first kappa shape index (κ1) is 28.4. The first-order valence-corrected chi connectivity index (χ1v) is 13.0. The zero-order valence-electron chi connectivity index (χ0n) is 19.7. The highest BCUT2D eigenvalue weighted by molar-refractivity contribution is 5.75. The third-order valence-corrected chi connectivity index (χ3v) is 5.67. The summed E-state index contributed by atoms with van der Waals surface area (Å²) in [6.45, 7) is 5.68. The number of rotatable bonds is 24. The summed E-state index contributed by atoms with van der Waals surface area (Å²) in [5.41, 5.74) is 5.41. The number of nitrogens with one attached hydrogen (secondary N) is 2. The molecule has 4 heteroatoms. The van der Waals surface area contributed by atoms with E-state index in [-0.39, 0.29) is 5.91 Å². The topological polar surface area (TPSA) is 67.2 Å². The average molecular weight is 412 g/mol. The lowest BCUT2D eigenvalue weighted by molar-refractivity contribution is -0.121. The molecule has 4 N–H and O–H groups in total. The van der Waals surface area contributed by atoms with Gasteiger partial charge in [0.1, 0.15) is 0 Å². The molecule has 0 fully saturated rings. The molecule has 0 spiro atoms. The Hall–Kier alpha value is -0.610. The summed E-state index contributed by atoms with van der Waals surface area (Å²) in [5.74, 6) is 0.155. The van der Waals surface area contributed by atoms with Gasteiger partial charge < -0.3 is 16.4 Å². The van der Waals surface area contributed by atoms with Gasteiger partial charge in [-0.3, -0.25) is 4.79 Å². The Labute approximate surface area is 182 Å². The first-order chi connectivity index (χ1) is 14.3. The lowest BCUT2D eigenvalue weighted by Gasteiger charge is -2.06. The van der Waals surface area contributed by atoms with Gasteiger partial charge in [-0.15, -0.1) is 0 Å². The van der Waals surface area contributed by atoms with Crippen LogP contribution in [0.2, 0.25) is 0 Å². The van der Waals surface area contributed by atoms with Crippen molar-refractivity contribution in [3.63, 3.8) is 0 Å². The van der Waals surface area contributed by atoms with E-state index >= 15 is 0 Å². The molecule has 0 saturated heterocycles. The van der Waals surface area contributed by atoms with E-state index in [0.29, 0.717) is 19.5 Å². The van der Waals surface area contributed by atoms with Gasteiger partial charge in [-0.05, 0) is 38.9 Å². The van der Waals surface area contributed by atoms with Crippen molar-refractivity contribution in [1.29, 1.82) is 0 Å². The van der Waals surface area contributed by atoms with Gasteiger partial charge in [-0.25, -0.2) is 0 Å². The molecular weight excluding hydrogens is 358 g/mol. The molecule has 0 radical (unpaired) electrons. The summed E-state index contributed by atoms with van der Waals surface area (Å²) in [5, 5.41) is 6.36. The van der Waals surface area contributed by atoms with E-state index in [2.05, 4.69) is 17.6 Å². The Morgan fingerprint density at radius 2 is 1.03 bits per heavy atom. The highest BCUT2D eigenvalue weighted by Gasteiger charge is 1.99. The van der Waals surface area contributed by atoms with E-state index < -0.39 is 0 Å². The minimum atomic E-state index is 0.155. The normalized spacial score (nSPS) is 11.1. The second-order valence-corrected chi connectivity index (χ2v) is 8.65. The SMILES string of the molecule is CCCCCCCCCCCCCCCCCCNCCCC(=O)NCCCN. The van der Waals surface area contributed by atoms with E-state index in [1.807, 2.05) is 0 Å². The van der Waals surface area contributed by atoms with Gasteiger partial charge in [0.05, 0.1) is 0 Å². The van der Waals surface area contributed by atoms with E-state index in [9.17, 15) is 4.79 Å². The standard InChI is InChI=1S/C25H53N3O/c1-2-3-4-5-6-7-8-9-10-11-12-13-14-15-16-17-22-27-23-18-20-25(29)28-24-19-21-26/h27H,2-24,26H2,1H3,(H,28,29). The minimum absolute atomic E-state index is 0.155. The zero-order chi connectivity index (χ0) is 21.3. The van der Waals surface area contributed by atoms with Crippen LogP contribution in [0.5, 0.6) is 0 Å². The van der Waals surface area contributed by atoms with Gasteiger partial charge in [0.15, 0.2) is 0 Å². The Morgan fingerprint density at radius 1 is 0.586 bits per heavy atom. The van der Waals surface area contributed by atoms with E-state index in [4.69, 9.17) is 5.73 Å². The van der Waals surface area contributed by atoms with Crippen molar-refractivity contribution >= 4 is 5.91 Å². The maximum atomic E-state index is 11.5. The predicted octanol–water partition coefficient (Wildman–Crippen LogP) is 6.08. The fourth-order valence-corrected chi connectivity index (χ4v) is 3.72. The molecule has 0 aliphatic rings. The minimum Gasteiger partial charge on any atom is -0.356 e. The van der Waals surface area contributed by atoms with Crippen molar-refractivity contribution in [2.45, 2.75) is 129 Å². The number of hydrogen-bond donors (Lipinski definition) is 3. The number of unbranched alkanes of at least 4 members (excludes halogenated alkanes) is 15. The predicted molar refractivity (Wildman–Crippen MR) is 128 cm³/mol. The number of nitrogens with two attached hydrogens (primary N) is 1. The van der Waals surface area contributed by atoms with Crippen LogP contribution < -0.4 is 16.4 Å². The van der Waals surface area contributed by atoms with Crippen LogP contribution in [0, 0.1) is 0 Å². The second-order valence-electron chi connectivity index (χ2n) is 8.65. The van der Waals surface area contributed by atoms with Crippen LogP contribution in [0.4, 0.5) is 0 Å². The molecule has 29 heavy (non-hydrogen) atoms. The molecule has 0 aromatic heterocycles. The van der Waals surface area contributed by atoms with Crippen LogP contribution in [0.25, 0.3) is 0 Å². The highest BCUT2D eigenvalue weighted by atomic mass is 16.1. The fourth-order valence-electron chi connectivity index (χ4n) is 3.72. The van der Waals surface area contributed by atoms with Gasteiger partial charge in [0.2, 0.25) is 5.91 Å². The molecule has 0 bridgehead atoms. The molecule has 174 valence electrons. The molecule has 0 atom stereocenters. The average Bonchev–Trinajstić information content (AvgIpc) is 2.72. The number of amides is 1. The Balaban J connectivity index is 3.06. The van der Waals surface area contributed by atoms with Crippen LogP contribution in [0.1, 0.15) is 129 Å². The summed E-state index contributed by atoms with van der Waals surface area (Å²) < 4.78 is 0. The smallest absolute Gasteiger partial charge is 0.220 e. The zero-order valence-corrected chi connectivity index (χ0v) is 19.7. The Bertz CT molecular complexity index is 323. The van der Waals surface area contributed by atoms with E-state index in [0.717, 1.165) is 25.9 Å². The molecular formula is C25H53N3O. The summed E-state index contributed by atoms with van der Waals surface area (Å²) >= 11 is 0. The second kappa shape index (κ2) is 25.4. The van der Waals surface area contributed by atoms with Crippen molar-refractivity contribution in [1.82, 2.24) is 10.6 Å². The Morgan fingerprint density at radius 3 is 1.52 bits per heavy atom. The molecule has 1 amide bonds. The summed E-state index contributed by atoms with van der Waals surface area (Å²) in [4.78, 5) is 11.5. The van der Waals surface area contributed by atoms with Gasteiger partial charge >= 0.3 is 0 Å². The molecule has 0 aliphatic heterocycles. The number of hydrogen-bond acceptors (Lipinski definition) is 3. The third kappa shape index (κ3) is 25.4. The molecule has 4 nitrogen and oxygen atoms in total. The summed E-state index contributed by atoms with van der Waals surface area (Å²) in [7, 11) is 0. The maximum absolute atomic E-state index is 11.5. The van der Waals surface area contributed by atoms with Crippen molar-refractivity contribution in [2.75, 3.05) is 26.2 Å². The van der Waals surface area contributed by atoms with Crippen molar-refractivity contribution in [3.8, 4) is 0 Å².